The van der Waals surface area contributed by atoms with Crippen molar-refractivity contribution in [3.05, 3.63) is 34.9 Å². The average Bonchev–Trinajstić information content (AvgIpc) is 2.52. The maximum atomic E-state index is 6.03. The number of ether oxygens (including phenoxy) is 1. The standard InChI is InChI=1S/C17H29ClN4O.HI/c1-19-17(20-9-6-10-21(2)11-12-23-4)22(3)14-15-7-5-8-16(18)13-15;/h5,7-8,13H,6,9-12,14H2,1-4H3,(H,19,20);1H. The summed E-state index contributed by atoms with van der Waals surface area (Å²) in [7, 11) is 7.68. The molecule has 0 aliphatic carbocycles. The highest BCUT2D eigenvalue weighted by Crippen LogP contribution is 2.12. The normalized spacial score (nSPS) is 11.3. The van der Waals surface area contributed by atoms with E-state index in [1.54, 1.807) is 7.11 Å². The van der Waals surface area contributed by atoms with Crippen molar-refractivity contribution < 1.29 is 4.74 Å². The molecule has 0 atom stereocenters. The highest BCUT2D eigenvalue weighted by molar-refractivity contribution is 14.0. The highest BCUT2D eigenvalue weighted by atomic mass is 127. The molecule has 0 heterocycles. The summed E-state index contributed by atoms with van der Waals surface area (Å²) in [6.07, 6.45) is 1.06. The van der Waals surface area contributed by atoms with Crippen molar-refractivity contribution in [3.8, 4) is 0 Å². The summed E-state index contributed by atoms with van der Waals surface area (Å²) in [5.74, 6) is 0.893. The first kappa shape index (κ1) is 23.4. The minimum Gasteiger partial charge on any atom is -0.383 e. The first-order valence-corrected chi connectivity index (χ1v) is 8.28. The van der Waals surface area contributed by atoms with E-state index in [1.165, 1.54) is 5.56 Å². The Balaban J connectivity index is 0.00000529. The SMILES string of the molecule is CN=C(NCCCN(C)CCOC)N(C)Cc1cccc(Cl)c1.I. The lowest BCUT2D eigenvalue weighted by Crippen LogP contribution is -2.39. The molecule has 0 aliphatic heterocycles. The largest absolute Gasteiger partial charge is 0.383 e. The molecule has 7 heteroatoms. The molecule has 0 aliphatic rings. The van der Waals surface area contributed by atoms with Gasteiger partial charge < -0.3 is 19.9 Å². The molecule has 0 saturated heterocycles. The molecule has 0 amide bonds. The summed E-state index contributed by atoms with van der Waals surface area (Å²) >= 11 is 6.03. The van der Waals surface area contributed by atoms with Gasteiger partial charge in [0.15, 0.2) is 5.96 Å². The molecule has 0 bridgehead atoms. The zero-order chi connectivity index (χ0) is 17.1. The predicted octanol–water partition coefficient (Wildman–Crippen LogP) is 2.93. The Kier molecular flexibility index (Phi) is 13.4. The lowest BCUT2D eigenvalue weighted by atomic mass is 10.2. The van der Waals surface area contributed by atoms with Crippen molar-refractivity contribution in [3.63, 3.8) is 0 Å². The summed E-state index contributed by atoms with van der Waals surface area (Å²) in [4.78, 5) is 8.70. The van der Waals surface area contributed by atoms with Gasteiger partial charge in [-0.25, -0.2) is 0 Å². The zero-order valence-electron chi connectivity index (χ0n) is 15.1. The molecule has 5 nitrogen and oxygen atoms in total. The van der Waals surface area contributed by atoms with Crippen LogP contribution in [0.1, 0.15) is 12.0 Å². The van der Waals surface area contributed by atoms with Gasteiger partial charge in [-0.2, -0.15) is 0 Å². The van der Waals surface area contributed by atoms with Crippen LogP contribution in [0.15, 0.2) is 29.3 Å². The van der Waals surface area contributed by atoms with Gasteiger partial charge in [0.1, 0.15) is 0 Å². The fraction of sp³-hybridized carbons (Fsp3) is 0.588. The summed E-state index contributed by atoms with van der Waals surface area (Å²) in [6, 6.07) is 7.91. The van der Waals surface area contributed by atoms with E-state index in [0.717, 1.165) is 50.2 Å². The molecule has 0 radical (unpaired) electrons. The number of benzene rings is 1. The second-order valence-corrected chi connectivity index (χ2v) is 6.05. The monoisotopic (exact) mass is 468 g/mol. The smallest absolute Gasteiger partial charge is 0.193 e. The summed E-state index contributed by atoms with van der Waals surface area (Å²) < 4.78 is 5.08. The van der Waals surface area contributed by atoms with E-state index < -0.39 is 0 Å². The number of nitrogens with one attached hydrogen (secondary N) is 1. The van der Waals surface area contributed by atoms with Gasteiger partial charge in [-0.15, -0.1) is 24.0 Å². The Morgan fingerprint density at radius 1 is 1.29 bits per heavy atom. The Hall–Kier alpha value is -0.570. The number of guanidine groups is 1. The maximum Gasteiger partial charge on any atom is 0.193 e. The van der Waals surface area contributed by atoms with E-state index in [1.807, 2.05) is 32.3 Å². The molecule has 1 aromatic rings. The van der Waals surface area contributed by atoms with Gasteiger partial charge >= 0.3 is 0 Å². The van der Waals surface area contributed by atoms with Gasteiger partial charge in [0.2, 0.25) is 0 Å². The van der Waals surface area contributed by atoms with Gasteiger partial charge in [0.25, 0.3) is 0 Å². The number of likely N-dealkylation sites (N-methyl/N-ethyl adjacent to an activating group) is 1. The molecule has 138 valence electrons. The quantitative estimate of drug-likeness (QED) is 0.262. The molecule has 1 rings (SSSR count). The van der Waals surface area contributed by atoms with Crippen LogP contribution in [0.5, 0.6) is 0 Å². The molecular weight excluding hydrogens is 439 g/mol. The topological polar surface area (TPSA) is 40.1 Å². The van der Waals surface area contributed by atoms with E-state index >= 15 is 0 Å². The third-order valence-corrected chi connectivity index (χ3v) is 3.79. The summed E-state index contributed by atoms with van der Waals surface area (Å²) in [6.45, 7) is 4.43. The summed E-state index contributed by atoms with van der Waals surface area (Å²) in [5, 5.41) is 4.16. The van der Waals surface area contributed by atoms with E-state index in [2.05, 4.69) is 33.2 Å². The Bertz CT molecular complexity index is 487. The Morgan fingerprint density at radius 3 is 2.67 bits per heavy atom. The van der Waals surface area contributed by atoms with Crippen LogP contribution in [0.25, 0.3) is 0 Å². The third kappa shape index (κ3) is 9.66. The summed E-state index contributed by atoms with van der Waals surface area (Å²) in [5.41, 5.74) is 1.17. The van der Waals surface area contributed by atoms with Crippen LogP contribution < -0.4 is 5.32 Å². The van der Waals surface area contributed by atoms with Crippen LogP contribution in [-0.2, 0) is 11.3 Å². The second-order valence-electron chi connectivity index (χ2n) is 5.61. The van der Waals surface area contributed by atoms with Crippen LogP contribution in [0.2, 0.25) is 5.02 Å². The number of rotatable bonds is 9. The van der Waals surface area contributed by atoms with Gasteiger partial charge in [0.05, 0.1) is 6.61 Å². The molecule has 0 unspecified atom stereocenters. The Morgan fingerprint density at radius 2 is 2.04 bits per heavy atom. The second kappa shape index (κ2) is 13.7. The van der Waals surface area contributed by atoms with E-state index in [0.29, 0.717) is 0 Å². The van der Waals surface area contributed by atoms with Crippen LogP contribution in [0.4, 0.5) is 0 Å². The van der Waals surface area contributed by atoms with E-state index in [4.69, 9.17) is 16.3 Å². The third-order valence-electron chi connectivity index (χ3n) is 3.56. The molecule has 0 aromatic heterocycles. The molecule has 0 saturated carbocycles. The minimum absolute atomic E-state index is 0. The number of halogens is 2. The van der Waals surface area contributed by atoms with Gasteiger partial charge in [-0.1, -0.05) is 23.7 Å². The maximum absolute atomic E-state index is 6.03. The van der Waals surface area contributed by atoms with Crippen molar-refractivity contribution in [2.24, 2.45) is 4.99 Å². The van der Waals surface area contributed by atoms with Crippen molar-refractivity contribution in [1.29, 1.82) is 0 Å². The van der Waals surface area contributed by atoms with Crippen molar-refractivity contribution in [2.75, 3.05) is 54.5 Å². The molecule has 1 N–H and O–H groups in total. The first-order chi connectivity index (χ1) is 11.1. The molecule has 24 heavy (non-hydrogen) atoms. The molecule has 0 spiro atoms. The van der Waals surface area contributed by atoms with E-state index in [9.17, 15) is 0 Å². The van der Waals surface area contributed by atoms with Crippen LogP contribution in [-0.4, -0.2) is 70.3 Å². The molecular formula is C17H30ClIN4O. The number of hydrogen-bond donors (Lipinski definition) is 1. The number of aliphatic imine (C=N–C) groups is 1. The Labute approximate surface area is 168 Å². The fourth-order valence-corrected chi connectivity index (χ4v) is 2.49. The number of methoxy groups -OCH3 is 1. The highest BCUT2D eigenvalue weighted by Gasteiger charge is 2.07. The van der Waals surface area contributed by atoms with Gasteiger partial charge in [0, 0.05) is 45.9 Å². The van der Waals surface area contributed by atoms with Crippen molar-refractivity contribution >= 4 is 41.5 Å². The van der Waals surface area contributed by atoms with E-state index in [-0.39, 0.29) is 24.0 Å². The lowest BCUT2D eigenvalue weighted by molar-refractivity contribution is 0.161. The van der Waals surface area contributed by atoms with Crippen molar-refractivity contribution in [1.82, 2.24) is 15.1 Å². The van der Waals surface area contributed by atoms with Crippen molar-refractivity contribution in [2.45, 2.75) is 13.0 Å². The molecule has 0 fully saturated rings. The lowest BCUT2D eigenvalue weighted by Gasteiger charge is -2.23. The average molecular weight is 469 g/mol. The predicted molar refractivity (Wildman–Crippen MR) is 114 cm³/mol. The van der Waals surface area contributed by atoms with Crippen LogP contribution in [0, 0.1) is 0 Å². The molecule has 1 aromatic carbocycles. The number of nitrogens with zero attached hydrogens (tertiary/aromatic N) is 3. The fourth-order valence-electron chi connectivity index (χ4n) is 2.28. The van der Waals surface area contributed by atoms with Crippen LogP contribution in [0.3, 0.4) is 0 Å². The van der Waals surface area contributed by atoms with Gasteiger partial charge in [-0.05, 0) is 37.7 Å². The minimum atomic E-state index is 0. The van der Waals surface area contributed by atoms with Crippen LogP contribution >= 0.6 is 35.6 Å². The van der Waals surface area contributed by atoms with Gasteiger partial charge in [-0.3, -0.25) is 4.99 Å². The number of hydrogen-bond acceptors (Lipinski definition) is 3. The first-order valence-electron chi connectivity index (χ1n) is 7.90. The zero-order valence-corrected chi connectivity index (χ0v) is 18.2.